The van der Waals surface area contributed by atoms with Gasteiger partial charge in [-0.3, -0.25) is 4.79 Å². The van der Waals surface area contributed by atoms with Crippen LogP contribution in [0.5, 0.6) is 0 Å². The topological polar surface area (TPSA) is 29.1 Å². The van der Waals surface area contributed by atoms with Gasteiger partial charge in [-0.15, -0.1) is 0 Å². The third-order valence-corrected chi connectivity index (χ3v) is 2.40. The number of carbonyl (C=O) groups is 1. The van der Waals surface area contributed by atoms with Crippen LogP contribution >= 0.6 is 11.8 Å². The Morgan fingerprint density at radius 1 is 1.38 bits per heavy atom. The first kappa shape index (κ1) is 12.8. The molecule has 13 heavy (non-hydrogen) atoms. The van der Waals surface area contributed by atoms with Crippen molar-refractivity contribution in [2.24, 2.45) is 0 Å². The lowest BCUT2D eigenvalue weighted by Gasteiger charge is -2.20. The molecule has 3 heteroatoms. The Labute approximate surface area is 85.9 Å². The summed E-state index contributed by atoms with van der Waals surface area (Å²) in [7, 11) is 0. The summed E-state index contributed by atoms with van der Waals surface area (Å²) in [6.45, 7) is 10.3. The molecule has 0 saturated heterocycles. The zero-order valence-corrected chi connectivity index (χ0v) is 10.1. The summed E-state index contributed by atoms with van der Waals surface area (Å²) in [5.41, 5.74) is -0.0976. The fourth-order valence-electron chi connectivity index (χ4n) is 0.868. The smallest absolute Gasteiger partial charge is 0.221 e. The number of thioether (sulfide) groups is 1. The maximum Gasteiger partial charge on any atom is 0.221 e. The minimum Gasteiger partial charge on any atom is -0.351 e. The van der Waals surface area contributed by atoms with E-state index >= 15 is 0 Å². The zero-order valence-electron chi connectivity index (χ0n) is 9.31. The van der Waals surface area contributed by atoms with Crippen molar-refractivity contribution in [3.8, 4) is 0 Å². The van der Waals surface area contributed by atoms with Crippen LogP contribution in [-0.4, -0.2) is 22.4 Å². The summed E-state index contributed by atoms with van der Waals surface area (Å²) < 4.78 is 0. The van der Waals surface area contributed by atoms with Gasteiger partial charge < -0.3 is 5.32 Å². The van der Waals surface area contributed by atoms with Gasteiger partial charge in [0.2, 0.25) is 5.91 Å². The Balaban J connectivity index is 3.53. The van der Waals surface area contributed by atoms with Gasteiger partial charge in [-0.05, 0) is 26.0 Å². The summed E-state index contributed by atoms with van der Waals surface area (Å²) >= 11 is 1.82. The molecule has 78 valence electrons. The maximum absolute atomic E-state index is 11.3. The van der Waals surface area contributed by atoms with Crippen molar-refractivity contribution in [3.05, 3.63) is 0 Å². The lowest BCUT2D eigenvalue weighted by atomic mass is 10.1. The van der Waals surface area contributed by atoms with E-state index in [4.69, 9.17) is 0 Å². The first-order valence-corrected chi connectivity index (χ1v) is 5.79. The molecule has 0 heterocycles. The molecule has 1 amide bonds. The molecule has 0 fully saturated rings. The van der Waals surface area contributed by atoms with Crippen LogP contribution < -0.4 is 5.32 Å². The van der Waals surface area contributed by atoms with Gasteiger partial charge in [0.15, 0.2) is 0 Å². The molecule has 0 radical (unpaired) electrons. The van der Waals surface area contributed by atoms with Crippen molar-refractivity contribution < 1.29 is 4.79 Å². The monoisotopic (exact) mass is 203 g/mol. The number of hydrogen-bond donors (Lipinski definition) is 1. The Morgan fingerprint density at radius 2 is 1.92 bits per heavy atom. The average molecular weight is 203 g/mol. The lowest BCUT2D eigenvalue weighted by Crippen LogP contribution is -2.40. The van der Waals surface area contributed by atoms with E-state index in [1.165, 1.54) is 0 Å². The maximum atomic E-state index is 11.3. The zero-order chi connectivity index (χ0) is 10.5. The Morgan fingerprint density at radius 3 is 2.31 bits per heavy atom. The first-order valence-electron chi connectivity index (χ1n) is 4.74. The van der Waals surface area contributed by atoms with Crippen LogP contribution in [0.25, 0.3) is 0 Å². The predicted octanol–water partition coefficient (Wildman–Crippen LogP) is 2.43. The van der Waals surface area contributed by atoms with E-state index in [1.54, 1.807) is 0 Å². The van der Waals surface area contributed by atoms with Gasteiger partial charge in [-0.1, -0.05) is 13.8 Å². The Kier molecular flexibility index (Phi) is 5.45. The molecule has 0 aromatic heterocycles. The molecule has 0 aliphatic heterocycles. The van der Waals surface area contributed by atoms with Crippen molar-refractivity contribution in [1.82, 2.24) is 5.32 Å². The summed E-state index contributed by atoms with van der Waals surface area (Å²) in [5, 5.41) is 3.55. The van der Waals surface area contributed by atoms with Crippen molar-refractivity contribution in [3.63, 3.8) is 0 Å². The van der Waals surface area contributed by atoms with Crippen LogP contribution in [-0.2, 0) is 4.79 Å². The first-order chi connectivity index (χ1) is 5.81. The van der Waals surface area contributed by atoms with Gasteiger partial charge in [0, 0.05) is 17.7 Å². The highest BCUT2D eigenvalue weighted by molar-refractivity contribution is 7.99. The fourth-order valence-corrected chi connectivity index (χ4v) is 1.64. The van der Waals surface area contributed by atoms with Crippen LogP contribution in [0, 0.1) is 0 Å². The lowest BCUT2D eigenvalue weighted by molar-refractivity contribution is -0.122. The highest BCUT2D eigenvalue weighted by Gasteiger charge is 2.12. The summed E-state index contributed by atoms with van der Waals surface area (Å²) in [4.78, 5) is 11.3. The predicted molar refractivity (Wildman–Crippen MR) is 60.1 cm³/mol. The second-order valence-corrected chi connectivity index (χ2v) is 6.15. The SMILES string of the molecule is CC(C)SCCC(=O)NC(C)(C)C. The molecule has 0 saturated carbocycles. The number of nitrogens with one attached hydrogen (secondary N) is 1. The van der Waals surface area contributed by atoms with Crippen molar-refractivity contribution in [1.29, 1.82) is 0 Å². The Bertz CT molecular complexity index is 161. The molecule has 0 rings (SSSR count). The molecule has 0 aromatic carbocycles. The minimum absolute atomic E-state index is 0.0976. The molecule has 0 unspecified atom stereocenters. The average Bonchev–Trinajstić information content (AvgIpc) is 1.81. The van der Waals surface area contributed by atoms with Gasteiger partial charge in [-0.25, -0.2) is 0 Å². The van der Waals surface area contributed by atoms with Crippen LogP contribution in [0.15, 0.2) is 0 Å². The quantitative estimate of drug-likeness (QED) is 0.760. The molecule has 0 spiro atoms. The van der Waals surface area contributed by atoms with E-state index in [-0.39, 0.29) is 11.4 Å². The van der Waals surface area contributed by atoms with E-state index in [1.807, 2.05) is 32.5 Å². The summed E-state index contributed by atoms with van der Waals surface area (Å²) in [6.07, 6.45) is 0.625. The molecular formula is C10H21NOS. The van der Waals surface area contributed by atoms with Crippen LogP contribution in [0.2, 0.25) is 0 Å². The number of rotatable bonds is 4. The normalized spacial score (nSPS) is 11.8. The third-order valence-electron chi connectivity index (χ3n) is 1.29. The highest BCUT2D eigenvalue weighted by Crippen LogP contribution is 2.10. The second kappa shape index (κ2) is 5.53. The van der Waals surface area contributed by atoms with Gasteiger partial charge >= 0.3 is 0 Å². The molecular weight excluding hydrogens is 182 g/mol. The van der Waals surface area contributed by atoms with E-state index in [9.17, 15) is 4.79 Å². The van der Waals surface area contributed by atoms with Gasteiger partial charge in [0.05, 0.1) is 0 Å². The van der Waals surface area contributed by atoms with Gasteiger partial charge in [-0.2, -0.15) is 11.8 Å². The standard InChI is InChI=1S/C10H21NOS/c1-8(2)13-7-6-9(12)11-10(3,4)5/h8H,6-7H2,1-5H3,(H,11,12). The Hall–Kier alpha value is -0.180. The molecule has 2 nitrogen and oxygen atoms in total. The summed E-state index contributed by atoms with van der Waals surface area (Å²) in [5.74, 6) is 1.07. The fraction of sp³-hybridized carbons (Fsp3) is 0.900. The van der Waals surface area contributed by atoms with Gasteiger partial charge in [0.25, 0.3) is 0 Å². The highest BCUT2D eigenvalue weighted by atomic mass is 32.2. The number of amides is 1. The van der Waals surface area contributed by atoms with E-state index in [2.05, 4.69) is 19.2 Å². The molecule has 0 aliphatic carbocycles. The largest absolute Gasteiger partial charge is 0.351 e. The minimum atomic E-state index is -0.0976. The van der Waals surface area contributed by atoms with Crippen LogP contribution in [0.1, 0.15) is 41.0 Å². The van der Waals surface area contributed by atoms with Crippen LogP contribution in [0.4, 0.5) is 0 Å². The van der Waals surface area contributed by atoms with Crippen molar-refractivity contribution in [2.45, 2.75) is 51.8 Å². The molecule has 1 N–H and O–H groups in total. The number of hydrogen-bond acceptors (Lipinski definition) is 2. The van der Waals surface area contributed by atoms with Crippen molar-refractivity contribution >= 4 is 17.7 Å². The second-order valence-electron chi connectivity index (χ2n) is 4.47. The molecule has 0 bridgehead atoms. The number of carbonyl (C=O) groups excluding carboxylic acids is 1. The molecule has 0 aliphatic rings. The van der Waals surface area contributed by atoms with Crippen LogP contribution in [0.3, 0.4) is 0 Å². The summed E-state index contributed by atoms with van der Waals surface area (Å²) in [6, 6.07) is 0. The van der Waals surface area contributed by atoms with E-state index in [0.717, 1.165) is 5.75 Å². The van der Waals surface area contributed by atoms with E-state index < -0.39 is 0 Å². The van der Waals surface area contributed by atoms with Gasteiger partial charge in [0.1, 0.15) is 0 Å². The van der Waals surface area contributed by atoms with Crippen molar-refractivity contribution in [2.75, 3.05) is 5.75 Å². The third kappa shape index (κ3) is 9.74. The molecule has 0 aromatic rings. The van der Waals surface area contributed by atoms with E-state index in [0.29, 0.717) is 11.7 Å². The molecule has 0 atom stereocenters.